The van der Waals surface area contributed by atoms with Crippen LogP contribution in [-0.2, 0) is 0 Å². The Bertz CT molecular complexity index is 1310. The lowest BCUT2D eigenvalue weighted by Gasteiger charge is -2.06. The summed E-state index contributed by atoms with van der Waals surface area (Å²) in [5.74, 6) is -0.642. The Labute approximate surface area is 189 Å². The van der Waals surface area contributed by atoms with Crippen LogP contribution in [0, 0.1) is 17.0 Å². The summed E-state index contributed by atoms with van der Waals surface area (Å²) in [5.41, 5.74) is 1.48. The molecular weight excluding hydrogens is 450 g/mol. The summed E-state index contributed by atoms with van der Waals surface area (Å²) < 4.78 is 0. The van der Waals surface area contributed by atoms with Gasteiger partial charge >= 0.3 is 0 Å². The highest BCUT2D eigenvalue weighted by molar-refractivity contribution is 7.18. The Morgan fingerprint density at radius 3 is 2.41 bits per heavy atom. The molecule has 0 radical (unpaired) electrons. The van der Waals surface area contributed by atoms with Crippen molar-refractivity contribution in [3.63, 3.8) is 0 Å². The standard InChI is InChI=1S/C21H15N5O4S2/c1-12-5-10-17(31-12)19(28)22-15-4-2-3-14(11-15)18(27)23-21-25-24-20(32-21)13-6-8-16(9-7-13)26(29)30/h2-11H,1H3,(H,22,28)(H,23,25,27). The van der Waals surface area contributed by atoms with E-state index in [0.29, 0.717) is 26.7 Å². The van der Waals surface area contributed by atoms with Crippen LogP contribution in [0.1, 0.15) is 24.9 Å². The molecule has 2 aromatic carbocycles. The minimum absolute atomic E-state index is 0.0204. The third-order valence-corrected chi connectivity index (χ3v) is 6.20. The number of non-ortho nitro benzene ring substituents is 1. The quantitative estimate of drug-likeness (QED) is 0.305. The summed E-state index contributed by atoms with van der Waals surface area (Å²) in [7, 11) is 0. The minimum atomic E-state index is -0.479. The zero-order chi connectivity index (χ0) is 22.7. The number of benzene rings is 2. The molecule has 0 aliphatic heterocycles. The number of thiophene rings is 1. The number of amides is 2. The molecule has 0 bridgehead atoms. The van der Waals surface area contributed by atoms with Crippen molar-refractivity contribution in [1.82, 2.24) is 10.2 Å². The zero-order valence-electron chi connectivity index (χ0n) is 16.6. The van der Waals surface area contributed by atoms with E-state index in [2.05, 4.69) is 20.8 Å². The molecule has 2 heterocycles. The minimum Gasteiger partial charge on any atom is -0.321 e. The van der Waals surface area contributed by atoms with E-state index in [9.17, 15) is 19.7 Å². The molecule has 160 valence electrons. The lowest BCUT2D eigenvalue weighted by atomic mass is 10.2. The monoisotopic (exact) mass is 465 g/mol. The van der Waals surface area contributed by atoms with Crippen LogP contribution in [-0.4, -0.2) is 26.9 Å². The summed E-state index contributed by atoms with van der Waals surface area (Å²) >= 11 is 2.54. The third kappa shape index (κ3) is 4.85. The molecule has 9 nitrogen and oxygen atoms in total. The first-order valence-electron chi connectivity index (χ1n) is 9.26. The highest BCUT2D eigenvalue weighted by Gasteiger charge is 2.14. The van der Waals surface area contributed by atoms with Crippen molar-refractivity contribution in [3.05, 3.63) is 86.1 Å². The third-order valence-electron chi connectivity index (χ3n) is 4.32. The first-order chi connectivity index (χ1) is 15.4. The van der Waals surface area contributed by atoms with Crippen LogP contribution in [0.2, 0.25) is 0 Å². The number of nitrogens with one attached hydrogen (secondary N) is 2. The van der Waals surface area contributed by atoms with E-state index < -0.39 is 10.8 Å². The fourth-order valence-corrected chi connectivity index (χ4v) is 4.28. The molecule has 4 rings (SSSR count). The first-order valence-corrected chi connectivity index (χ1v) is 10.9. The number of rotatable bonds is 6. The van der Waals surface area contributed by atoms with Crippen molar-refractivity contribution in [2.45, 2.75) is 6.92 Å². The van der Waals surface area contributed by atoms with Gasteiger partial charge < -0.3 is 5.32 Å². The zero-order valence-corrected chi connectivity index (χ0v) is 18.2. The molecule has 2 amide bonds. The number of nitro benzene ring substituents is 1. The van der Waals surface area contributed by atoms with E-state index in [1.807, 2.05) is 13.0 Å². The Morgan fingerprint density at radius 1 is 0.938 bits per heavy atom. The van der Waals surface area contributed by atoms with Crippen molar-refractivity contribution in [2.24, 2.45) is 0 Å². The summed E-state index contributed by atoms with van der Waals surface area (Å²) in [6, 6.07) is 16.1. The van der Waals surface area contributed by atoms with E-state index in [-0.39, 0.29) is 16.7 Å². The van der Waals surface area contributed by atoms with Gasteiger partial charge in [0, 0.05) is 33.8 Å². The van der Waals surface area contributed by atoms with Crippen molar-refractivity contribution in [1.29, 1.82) is 0 Å². The lowest BCUT2D eigenvalue weighted by molar-refractivity contribution is -0.384. The van der Waals surface area contributed by atoms with Gasteiger partial charge in [-0.1, -0.05) is 17.4 Å². The van der Waals surface area contributed by atoms with Gasteiger partial charge in [0.25, 0.3) is 17.5 Å². The average molecular weight is 466 g/mol. The fourth-order valence-electron chi connectivity index (χ4n) is 2.77. The summed E-state index contributed by atoms with van der Waals surface area (Å²) in [5, 5.41) is 25.0. The number of hydrogen-bond acceptors (Lipinski definition) is 8. The average Bonchev–Trinajstić information content (AvgIpc) is 3.43. The molecule has 0 aliphatic carbocycles. The second-order valence-electron chi connectivity index (χ2n) is 6.62. The number of aryl methyl sites for hydroxylation is 1. The number of nitro groups is 1. The molecule has 0 saturated carbocycles. The van der Waals surface area contributed by atoms with Crippen LogP contribution >= 0.6 is 22.7 Å². The Balaban J connectivity index is 1.43. The highest BCUT2D eigenvalue weighted by atomic mass is 32.1. The largest absolute Gasteiger partial charge is 0.321 e. The van der Waals surface area contributed by atoms with Crippen molar-refractivity contribution in [2.75, 3.05) is 10.6 Å². The van der Waals surface area contributed by atoms with Gasteiger partial charge in [0.15, 0.2) is 0 Å². The molecule has 32 heavy (non-hydrogen) atoms. The van der Waals surface area contributed by atoms with Crippen LogP contribution < -0.4 is 10.6 Å². The van der Waals surface area contributed by atoms with E-state index >= 15 is 0 Å². The number of carbonyl (C=O) groups excluding carboxylic acids is 2. The van der Waals surface area contributed by atoms with E-state index in [4.69, 9.17) is 0 Å². The van der Waals surface area contributed by atoms with Crippen molar-refractivity contribution < 1.29 is 14.5 Å². The van der Waals surface area contributed by atoms with E-state index in [0.717, 1.165) is 16.2 Å². The number of nitrogens with zero attached hydrogens (tertiary/aromatic N) is 3. The normalized spacial score (nSPS) is 10.5. The Hall–Kier alpha value is -3.96. The summed E-state index contributed by atoms with van der Waals surface area (Å²) in [6.45, 7) is 1.92. The van der Waals surface area contributed by atoms with Crippen LogP contribution in [0.3, 0.4) is 0 Å². The molecule has 0 saturated heterocycles. The van der Waals surface area contributed by atoms with Gasteiger partial charge in [-0.25, -0.2) is 0 Å². The van der Waals surface area contributed by atoms with Crippen LogP contribution in [0.25, 0.3) is 10.6 Å². The van der Waals surface area contributed by atoms with Gasteiger partial charge in [0.2, 0.25) is 5.13 Å². The maximum absolute atomic E-state index is 12.6. The summed E-state index contributed by atoms with van der Waals surface area (Å²) in [4.78, 5) is 36.9. The van der Waals surface area contributed by atoms with Crippen LogP contribution in [0.4, 0.5) is 16.5 Å². The van der Waals surface area contributed by atoms with E-state index in [1.165, 1.54) is 23.5 Å². The Kier molecular flexibility index (Phi) is 6.01. The topological polar surface area (TPSA) is 127 Å². The number of carbonyl (C=O) groups is 2. The number of hydrogen-bond donors (Lipinski definition) is 2. The first kappa shape index (κ1) is 21.3. The van der Waals surface area contributed by atoms with Crippen molar-refractivity contribution in [3.8, 4) is 10.6 Å². The van der Waals surface area contributed by atoms with Gasteiger partial charge in [-0.15, -0.1) is 21.5 Å². The Morgan fingerprint density at radius 2 is 1.72 bits per heavy atom. The highest BCUT2D eigenvalue weighted by Crippen LogP contribution is 2.28. The predicted octanol–water partition coefficient (Wildman–Crippen LogP) is 4.99. The lowest BCUT2D eigenvalue weighted by Crippen LogP contribution is -2.14. The molecule has 0 aliphatic rings. The van der Waals surface area contributed by atoms with Crippen LogP contribution in [0.15, 0.2) is 60.7 Å². The molecule has 4 aromatic rings. The molecule has 11 heteroatoms. The number of anilines is 2. The van der Waals surface area contributed by atoms with Gasteiger partial charge in [0.1, 0.15) is 5.01 Å². The molecule has 2 aromatic heterocycles. The molecule has 0 fully saturated rings. The van der Waals surface area contributed by atoms with Gasteiger partial charge in [0.05, 0.1) is 9.80 Å². The molecule has 2 N–H and O–H groups in total. The van der Waals surface area contributed by atoms with Crippen molar-refractivity contribution >= 4 is 51.0 Å². The van der Waals surface area contributed by atoms with E-state index in [1.54, 1.807) is 42.5 Å². The second-order valence-corrected chi connectivity index (χ2v) is 8.88. The molecule has 0 unspecified atom stereocenters. The maximum Gasteiger partial charge on any atom is 0.269 e. The van der Waals surface area contributed by atoms with Gasteiger partial charge in [-0.05, 0) is 49.4 Å². The predicted molar refractivity (Wildman–Crippen MR) is 123 cm³/mol. The maximum atomic E-state index is 12.6. The van der Waals surface area contributed by atoms with Gasteiger partial charge in [-0.3, -0.25) is 25.0 Å². The molecule has 0 spiro atoms. The number of aromatic nitrogens is 2. The fraction of sp³-hybridized carbons (Fsp3) is 0.0476. The second kappa shape index (κ2) is 9.04. The smallest absolute Gasteiger partial charge is 0.269 e. The molecule has 0 atom stereocenters. The summed E-state index contributed by atoms with van der Waals surface area (Å²) in [6.07, 6.45) is 0. The van der Waals surface area contributed by atoms with Crippen LogP contribution in [0.5, 0.6) is 0 Å². The van der Waals surface area contributed by atoms with Gasteiger partial charge in [-0.2, -0.15) is 0 Å². The SMILES string of the molecule is Cc1ccc(C(=O)Nc2cccc(C(=O)Nc3nnc(-c4ccc([N+](=O)[O-])cc4)s3)c2)s1. The molecular formula is C21H15N5O4S2.